The average Bonchev–Trinajstić information content (AvgIpc) is 2.85. The molecule has 186 valence electrons. The first kappa shape index (κ1) is 26.5. The van der Waals surface area contributed by atoms with Gasteiger partial charge < -0.3 is 19.5 Å². The normalized spacial score (nSPS) is 11.0. The molecule has 1 amide bonds. The van der Waals surface area contributed by atoms with Crippen molar-refractivity contribution in [1.29, 1.82) is 0 Å². The fourth-order valence-electron chi connectivity index (χ4n) is 3.21. The molecule has 11 heteroatoms. The Morgan fingerprint density at radius 2 is 1.63 bits per heavy atom. The zero-order chi connectivity index (χ0) is 25.6. The first-order chi connectivity index (χ1) is 16.7. The molecule has 0 aliphatic carbocycles. The van der Waals surface area contributed by atoms with E-state index in [1.807, 2.05) is 6.92 Å². The monoisotopic (exact) mass is 538 g/mol. The number of rotatable bonds is 10. The van der Waals surface area contributed by atoms with Crippen LogP contribution in [0.25, 0.3) is 0 Å². The van der Waals surface area contributed by atoms with Gasteiger partial charge in [-0.2, -0.15) is 0 Å². The second kappa shape index (κ2) is 11.5. The maximum absolute atomic E-state index is 13.7. The van der Waals surface area contributed by atoms with E-state index >= 15 is 0 Å². The van der Waals surface area contributed by atoms with Gasteiger partial charge in [-0.05, 0) is 61.5 Å². The molecule has 0 atom stereocenters. The third kappa shape index (κ3) is 6.30. The number of hydrogen-bond acceptors (Lipinski definition) is 6. The van der Waals surface area contributed by atoms with Crippen LogP contribution in [0.15, 0.2) is 65.6 Å². The van der Waals surface area contributed by atoms with Crippen molar-refractivity contribution in [1.82, 2.24) is 0 Å². The summed E-state index contributed by atoms with van der Waals surface area (Å²) in [5.74, 6) is 0.546. The molecule has 1 N–H and O–H groups in total. The first-order valence-corrected chi connectivity index (χ1v) is 12.6. The molecule has 0 fully saturated rings. The van der Waals surface area contributed by atoms with Crippen molar-refractivity contribution >= 4 is 50.5 Å². The number of ether oxygens (including phenoxy) is 3. The number of carbonyl (C=O) groups excluding carboxylic acids is 1. The smallest absolute Gasteiger partial charge is 0.264 e. The van der Waals surface area contributed by atoms with E-state index in [0.29, 0.717) is 23.1 Å². The summed E-state index contributed by atoms with van der Waals surface area (Å²) in [7, 11) is -1.35. The maximum Gasteiger partial charge on any atom is 0.264 e. The molecule has 3 rings (SSSR count). The molecule has 0 heterocycles. The zero-order valence-corrected chi connectivity index (χ0v) is 21.6. The van der Waals surface area contributed by atoms with Gasteiger partial charge in [-0.3, -0.25) is 9.10 Å². The van der Waals surface area contributed by atoms with Gasteiger partial charge in [0.15, 0.2) is 11.5 Å². The molecule has 3 aromatic rings. The van der Waals surface area contributed by atoms with Gasteiger partial charge in [-0.25, -0.2) is 8.42 Å². The van der Waals surface area contributed by atoms with Crippen molar-refractivity contribution in [3.05, 3.63) is 70.7 Å². The lowest BCUT2D eigenvalue weighted by atomic mass is 10.3. The Morgan fingerprint density at radius 1 is 0.943 bits per heavy atom. The predicted molar refractivity (Wildman–Crippen MR) is 137 cm³/mol. The quantitative estimate of drug-likeness (QED) is 0.379. The summed E-state index contributed by atoms with van der Waals surface area (Å²) >= 11 is 12.1. The van der Waals surface area contributed by atoms with Gasteiger partial charge in [0.2, 0.25) is 5.91 Å². The molecule has 0 aliphatic rings. The Kier molecular flexibility index (Phi) is 8.71. The van der Waals surface area contributed by atoms with Gasteiger partial charge in [-0.1, -0.05) is 23.2 Å². The van der Waals surface area contributed by atoms with E-state index in [2.05, 4.69) is 5.32 Å². The molecular formula is C24H24Cl2N2O6S. The summed E-state index contributed by atoms with van der Waals surface area (Å²) in [6.45, 7) is 1.76. The van der Waals surface area contributed by atoms with E-state index in [1.165, 1.54) is 44.6 Å². The maximum atomic E-state index is 13.7. The highest BCUT2D eigenvalue weighted by molar-refractivity contribution is 7.92. The van der Waals surface area contributed by atoms with Gasteiger partial charge in [0.05, 0.1) is 42.1 Å². The Hall–Kier alpha value is -3.14. The van der Waals surface area contributed by atoms with Gasteiger partial charge >= 0.3 is 0 Å². The summed E-state index contributed by atoms with van der Waals surface area (Å²) in [5.41, 5.74) is 0.523. The molecule has 0 saturated heterocycles. The summed E-state index contributed by atoms with van der Waals surface area (Å²) < 4.78 is 44.3. The average molecular weight is 539 g/mol. The number of hydrogen-bond donors (Lipinski definition) is 1. The van der Waals surface area contributed by atoms with E-state index in [1.54, 1.807) is 30.3 Å². The van der Waals surface area contributed by atoms with E-state index < -0.39 is 22.5 Å². The van der Waals surface area contributed by atoms with Crippen molar-refractivity contribution in [2.45, 2.75) is 11.8 Å². The fourth-order valence-corrected chi connectivity index (χ4v) is 4.98. The van der Waals surface area contributed by atoms with E-state index in [9.17, 15) is 13.2 Å². The number of halogens is 2. The highest BCUT2D eigenvalue weighted by atomic mass is 35.5. The van der Waals surface area contributed by atoms with Gasteiger partial charge in [0.1, 0.15) is 12.3 Å². The standard InChI is InChI=1S/C24H24Cl2N2O6S/c1-4-34-18-8-6-17(7-9-18)28(15-24(29)27-21-13-16(25)5-11-20(21)26)35(30,31)19-10-12-22(32-2)23(14-19)33-3/h5-14H,4,15H2,1-3H3,(H,27,29). The van der Waals surface area contributed by atoms with E-state index in [0.717, 1.165) is 4.31 Å². The lowest BCUT2D eigenvalue weighted by molar-refractivity contribution is -0.114. The zero-order valence-electron chi connectivity index (χ0n) is 19.2. The van der Waals surface area contributed by atoms with Crippen LogP contribution in [0.3, 0.4) is 0 Å². The van der Waals surface area contributed by atoms with E-state index in [-0.39, 0.29) is 27.0 Å². The molecular weight excluding hydrogens is 515 g/mol. The molecule has 0 saturated carbocycles. The summed E-state index contributed by atoms with van der Waals surface area (Å²) in [5, 5.41) is 3.25. The molecule has 0 aliphatic heterocycles. The van der Waals surface area contributed by atoms with Crippen molar-refractivity contribution in [3.63, 3.8) is 0 Å². The SMILES string of the molecule is CCOc1ccc(N(CC(=O)Nc2cc(Cl)ccc2Cl)S(=O)(=O)c2ccc(OC)c(OC)c2)cc1. The number of amides is 1. The van der Waals surface area contributed by atoms with Crippen LogP contribution < -0.4 is 23.8 Å². The van der Waals surface area contributed by atoms with Crippen molar-refractivity contribution in [2.24, 2.45) is 0 Å². The number of anilines is 2. The highest BCUT2D eigenvalue weighted by Crippen LogP contribution is 2.33. The van der Waals surface area contributed by atoms with Gasteiger partial charge in [0, 0.05) is 11.1 Å². The third-order valence-corrected chi connectivity index (χ3v) is 7.20. The lowest BCUT2D eigenvalue weighted by Crippen LogP contribution is -2.38. The van der Waals surface area contributed by atoms with Crippen molar-refractivity contribution in [3.8, 4) is 17.2 Å². The highest BCUT2D eigenvalue weighted by Gasteiger charge is 2.28. The largest absolute Gasteiger partial charge is 0.494 e. The summed E-state index contributed by atoms with van der Waals surface area (Å²) in [6.07, 6.45) is 0. The molecule has 0 radical (unpaired) electrons. The predicted octanol–water partition coefficient (Wildman–Crippen LogP) is 5.24. The second-order valence-electron chi connectivity index (χ2n) is 7.13. The van der Waals surface area contributed by atoms with Crippen LogP contribution in [0.4, 0.5) is 11.4 Å². The van der Waals surface area contributed by atoms with Crippen molar-refractivity contribution < 1.29 is 27.4 Å². The fraction of sp³-hybridized carbons (Fsp3) is 0.208. The molecule has 0 aromatic heterocycles. The van der Waals surface area contributed by atoms with Crippen LogP contribution in [-0.2, 0) is 14.8 Å². The Balaban J connectivity index is 2.00. The Bertz CT molecular complexity index is 1300. The molecule has 0 bridgehead atoms. The number of nitrogens with zero attached hydrogens (tertiary/aromatic N) is 1. The van der Waals surface area contributed by atoms with E-state index in [4.69, 9.17) is 37.4 Å². The summed E-state index contributed by atoms with van der Waals surface area (Å²) in [4.78, 5) is 12.9. The number of benzene rings is 3. The lowest BCUT2D eigenvalue weighted by Gasteiger charge is -2.25. The third-order valence-electron chi connectivity index (χ3n) is 4.87. The topological polar surface area (TPSA) is 94.2 Å². The first-order valence-electron chi connectivity index (χ1n) is 10.4. The Labute approximate surface area is 214 Å². The van der Waals surface area contributed by atoms with Crippen LogP contribution in [0.2, 0.25) is 10.0 Å². The molecule has 0 spiro atoms. The molecule has 3 aromatic carbocycles. The van der Waals surface area contributed by atoms with Crippen LogP contribution in [0.5, 0.6) is 17.2 Å². The number of methoxy groups -OCH3 is 2. The minimum atomic E-state index is -4.21. The molecule has 8 nitrogen and oxygen atoms in total. The van der Waals surface area contributed by atoms with Crippen LogP contribution in [0, 0.1) is 0 Å². The Morgan fingerprint density at radius 3 is 2.26 bits per heavy atom. The number of nitrogens with one attached hydrogen (secondary N) is 1. The van der Waals surface area contributed by atoms with Crippen LogP contribution >= 0.6 is 23.2 Å². The van der Waals surface area contributed by atoms with Crippen LogP contribution in [0.1, 0.15) is 6.92 Å². The number of sulfonamides is 1. The summed E-state index contributed by atoms with van der Waals surface area (Å²) in [6, 6.07) is 15.2. The molecule has 0 unspecified atom stereocenters. The second-order valence-corrected chi connectivity index (χ2v) is 9.83. The van der Waals surface area contributed by atoms with Gasteiger partial charge in [-0.15, -0.1) is 0 Å². The van der Waals surface area contributed by atoms with Crippen LogP contribution in [-0.4, -0.2) is 41.7 Å². The molecule has 35 heavy (non-hydrogen) atoms. The van der Waals surface area contributed by atoms with Gasteiger partial charge in [0.25, 0.3) is 10.0 Å². The minimum Gasteiger partial charge on any atom is -0.494 e. The minimum absolute atomic E-state index is 0.0855. The number of carbonyl (C=O) groups is 1. The van der Waals surface area contributed by atoms with Crippen molar-refractivity contribution in [2.75, 3.05) is 37.0 Å².